The first-order valence-electron chi connectivity index (χ1n) is 6.71. The Balaban J connectivity index is 1.89. The highest BCUT2D eigenvalue weighted by atomic mass is 35.5. The van der Waals surface area contributed by atoms with E-state index in [1.807, 2.05) is 24.3 Å². The van der Waals surface area contributed by atoms with E-state index < -0.39 is 4.92 Å². The molecule has 0 bridgehead atoms. The van der Waals surface area contributed by atoms with Crippen LogP contribution in [-0.4, -0.2) is 4.92 Å². The molecule has 0 spiro atoms. The highest BCUT2D eigenvalue weighted by Gasteiger charge is 2.09. The van der Waals surface area contributed by atoms with Crippen LogP contribution in [0, 0.1) is 10.1 Å². The standard InChI is InChI=1S/C16H12ClN3O3/c17-13-9-11(20(22)23)6-7-14(13)18-19-16-12-4-2-1-3-10(12)5-8-15(16)21/h1-9,18-19,21H/p-1. The van der Waals surface area contributed by atoms with Crippen LogP contribution in [0.1, 0.15) is 0 Å². The van der Waals surface area contributed by atoms with Gasteiger partial charge in [0.25, 0.3) is 5.69 Å². The van der Waals surface area contributed by atoms with Crippen LogP contribution in [-0.2, 0) is 0 Å². The van der Waals surface area contributed by atoms with Gasteiger partial charge in [-0.3, -0.25) is 15.5 Å². The Bertz CT molecular complexity index is 899. The minimum absolute atomic E-state index is 0.102. The first-order valence-corrected chi connectivity index (χ1v) is 7.09. The van der Waals surface area contributed by atoms with Gasteiger partial charge in [-0.15, -0.1) is 0 Å². The third kappa shape index (κ3) is 2.97. The average Bonchev–Trinajstić information content (AvgIpc) is 2.55. The predicted octanol–water partition coefficient (Wildman–Crippen LogP) is 3.91. The first kappa shape index (κ1) is 14.9. The second-order valence-electron chi connectivity index (χ2n) is 4.83. The highest BCUT2D eigenvalue weighted by molar-refractivity contribution is 6.33. The molecular formula is C16H11ClN3O3-. The maximum absolute atomic E-state index is 12.1. The van der Waals surface area contributed by atoms with Gasteiger partial charge in [0.05, 0.1) is 21.3 Å². The Morgan fingerprint density at radius 3 is 2.52 bits per heavy atom. The normalized spacial score (nSPS) is 10.5. The van der Waals surface area contributed by atoms with Crippen molar-refractivity contribution in [3.8, 4) is 5.75 Å². The van der Waals surface area contributed by atoms with E-state index in [1.165, 1.54) is 24.3 Å². The molecule has 0 aliphatic carbocycles. The molecule has 0 saturated heterocycles. The van der Waals surface area contributed by atoms with Crippen molar-refractivity contribution < 1.29 is 10.0 Å². The molecule has 116 valence electrons. The molecule has 2 N–H and O–H groups in total. The molecule has 23 heavy (non-hydrogen) atoms. The second-order valence-corrected chi connectivity index (χ2v) is 5.24. The molecule has 0 heterocycles. The van der Waals surface area contributed by atoms with Gasteiger partial charge >= 0.3 is 0 Å². The van der Waals surface area contributed by atoms with Crippen LogP contribution in [0.4, 0.5) is 17.1 Å². The summed E-state index contributed by atoms with van der Waals surface area (Å²) >= 11 is 6.01. The first-order chi connectivity index (χ1) is 11.1. The second kappa shape index (κ2) is 6.02. The average molecular weight is 329 g/mol. The number of nitro benzene ring substituents is 1. The number of hydrogen-bond acceptors (Lipinski definition) is 5. The molecule has 7 heteroatoms. The van der Waals surface area contributed by atoms with Crippen molar-refractivity contribution in [3.63, 3.8) is 0 Å². The summed E-state index contributed by atoms with van der Waals surface area (Å²) in [5.41, 5.74) is 6.39. The molecule has 0 unspecified atom stereocenters. The van der Waals surface area contributed by atoms with Crippen LogP contribution in [0.5, 0.6) is 5.75 Å². The van der Waals surface area contributed by atoms with Gasteiger partial charge in [0, 0.05) is 17.5 Å². The molecule has 0 fully saturated rings. The predicted molar refractivity (Wildman–Crippen MR) is 88.7 cm³/mol. The number of halogens is 1. The van der Waals surface area contributed by atoms with Crippen LogP contribution < -0.4 is 16.0 Å². The Kier molecular flexibility index (Phi) is 3.91. The van der Waals surface area contributed by atoms with Gasteiger partial charge < -0.3 is 10.5 Å². The summed E-state index contributed by atoms with van der Waals surface area (Å²) in [5.74, 6) is -0.172. The van der Waals surface area contributed by atoms with Gasteiger partial charge in [-0.1, -0.05) is 53.7 Å². The SMILES string of the molecule is O=[N+]([O-])c1ccc(NNc2c([O-])ccc3ccccc23)c(Cl)c1. The number of anilines is 2. The van der Waals surface area contributed by atoms with Crippen LogP contribution in [0.25, 0.3) is 10.8 Å². The van der Waals surface area contributed by atoms with Crippen molar-refractivity contribution in [2.24, 2.45) is 0 Å². The van der Waals surface area contributed by atoms with E-state index in [0.29, 0.717) is 11.4 Å². The van der Waals surface area contributed by atoms with E-state index in [9.17, 15) is 15.2 Å². The van der Waals surface area contributed by atoms with E-state index in [1.54, 1.807) is 6.07 Å². The summed E-state index contributed by atoms with van der Waals surface area (Å²) in [6.45, 7) is 0. The largest absolute Gasteiger partial charge is 0.871 e. The highest BCUT2D eigenvalue weighted by Crippen LogP contribution is 2.32. The third-order valence-corrected chi connectivity index (χ3v) is 3.69. The van der Waals surface area contributed by atoms with E-state index >= 15 is 0 Å². The lowest BCUT2D eigenvalue weighted by atomic mass is 10.1. The maximum atomic E-state index is 12.1. The van der Waals surface area contributed by atoms with Crippen LogP contribution in [0.2, 0.25) is 5.02 Å². The molecule has 0 aliphatic rings. The van der Waals surface area contributed by atoms with Crippen molar-refractivity contribution in [1.29, 1.82) is 0 Å². The summed E-state index contributed by atoms with van der Waals surface area (Å²) in [6, 6.07) is 14.7. The van der Waals surface area contributed by atoms with Crippen LogP contribution in [0.3, 0.4) is 0 Å². The number of nitro groups is 1. The van der Waals surface area contributed by atoms with Crippen molar-refractivity contribution >= 4 is 39.4 Å². The zero-order chi connectivity index (χ0) is 16.4. The molecule has 0 aromatic heterocycles. The van der Waals surface area contributed by atoms with Crippen molar-refractivity contribution in [2.75, 3.05) is 10.9 Å². The molecule has 0 atom stereocenters. The van der Waals surface area contributed by atoms with Crippen molar-refractivity contribution in [1.82, 2.24) is 0 Å². The summed E-state index contributed by atoms with van der Waals surface area (Å²) in [6.07, 6.45) is 0. The lowest BCUT2D eigenvalue weighted by Crippen LogP contribution is -2.11. The lowest BCUT2D eigenvalue weighted by molar-refractivity contribution is -0.384. The molecule has 0 radical (unpaired) electrons. The third-order valence-electron chi connectivity index (χ3n) is 3.38. The number of rotatable bonds is 4. The Labute approximate surface area is 136 Å². The van der Waals surface area contributed by atoms with E-state index in [4.69, 9.17) is 11.6 Å². The number of non-ortho nitro benzene ring substituents is 1. The number of fused-ring (bicyclic) bond motifs is 1. The van der Waals surface area contributed by atoms with Gasteiger partial charge in [0.15, 0.2) is 0 Å². The topological polar surface area (TPSA) is 90.3 Å². The monoisotopic (exact) mass is 328 g/mol. The minimum Gasteiger partial charge on any atom is -0.871 e. The zero-order valence-electron chi connectivity index (χ0n) is 11.7. The quantitative estimate of drug-likeness (QED) is 0.559. The Hall–Kier alpha value is -2.99. The van der Waals surface area contributed by atoms with Crippen LogP contribution >= 0.6 is 11.6 Å². The Morgan fingerprint density at radius 2 is 1.78 bits per heavy atom. The smallest absolute Gasteiger partial charge is 0.271 e. The van der Waals surface area contributed by atoms with Gasteiger partial charge in [-0.05, 0) is 11.5 Å². The number of benzene rings is 3. The van der Waals surface area contributed by atoms with E-state index in [2.05, 4.69) is 10.9 Å². The molecule has 0 saturated carbocycles. The number of nitrogens with one attached hydrogen (secondary N) is 2. The minimum atomic E-state index is -0.524. The van der Waals surface area contributed by atoms with Gasteiger partial charge in [-0.25, -0.2) is 0 Å². The molecule has 0 amide bonds. The van der Waals surface area contributed by atoms with E-state index in [-0.39, 0.29) is 16.5 Å². The fraction of sp³-hybridized carbons (Fsp3) is 0. The molecular weight excluding hydrogens is 318 g/mol. The number of hydrogen-bond donors (Lipinski definition) is 2. The summed E-state index contributed by atoms with van der Waals surface area (Å²) in [7, 11) is 0. The van der Waals surface area contributed by atoms with Gasteiger partial charge in [0.2, 0.25) is 0 Å². The summed E-state index contributed by atoms with van der Waals surface area (Å²) in [4.78, 5) is 10.2. The molecule has 0 aliphatic heterocycles. The molecule has 6 nitrogen and oxygen atoms in total. The molecule has 3 aromatic rings. The number of hydrazine groups is 1. The van der Waals surface area contributed by atoms with Gasteiger partial charge in [-0.2, -0.15) is 0 Å². The van der Waals surface area contributed by atoms with Crippen molar-refractivity contribution in [2.45, 2.75) is 0 Å². The Morgan fingerprint density at radius 1 is 1.00 bits per heavy atom. The molecule has 3 rings (SSSR count). The lowest BCUT2D eigenvalue weighted by Gasteiger charge is -2.19. The maximum Gasteiger partial charge on any atom is 0.271 e. The summed E-state index contributed by atoms with van der Waals surface area (Å²) in [5, 5.41) is 24.6. The van der Waals surface area contributed by atoms with Gasteiger partial charge in [0.1, 0.15) is 0 Å². The zero-order valence-corrected chi connectivity index (χ0v) is 12.5. The molecule has 3 aromatic carbocycles. The number of nitrogens with zero attached hydrogens (tertiary/aromatic N) is 1. The fourth-order valence-electron chi connectivity index (χ4n) is 2.23. The fourth-order valence-corrected chi connectivity index (χ4v) is 2.45. The van der Waals surface area contributed by atoms with Crippen molar-refractivity contribution in [3.05, 3.63) is 69.7 Å². The van der Waals surface area contributed by atoms with E-state index in [0.717, 1.165) is 10.8 Å². The van der Waals surface area contributed by atoms with Crippen LogP contribution in [0.15, 0.2) is 54.6 Å². The summed E-state index contributed by atoms with van der Waals surface area (Å²) < 4.78 is 0.